The number of aryl methyl sites for hydroxylation is 1. The van der Waals surface area contributed by atoms with E-state index in [1.807, 2.05) is 0 Å². The minimum atomic E-state index is -0.529. The smallest absolute Gasteiger partial charge is 0.309 e. The molecule has 2 amide bonds. The number of hydrogen-bond donors (Lipinski definition) is 2. The zero-order valence-electron chi connectivity index (χ0n) is 16.7. The summed E-state index contributed by atoms with van der Waals surface area (Å²) in [6.07, 6.45) is 3.46. The minimum Gasteiger partial charge on any atom is -0.466 e. The molecule has 2 N–H and O–H groups in total. The minimum absolute atomic E-state index is 0.00986. The Morgan fingerprint density at radius 3 is 2.80 bits per heavy atom. The van der Waals surface area contributed by atoms with Gasteiger partial charge in [-0.1, -0.05) is 0 Å². The molecule has 0 radical (unpaired) electrons. The van der Waals surface area contributed by atoms with Crippen LogP contribution in [0, 0.1) is 5.92 Å². The van der Waals surface area contributed by atoms with Crippen LogP contribution in [0.5, 0.6) is 0 Å². The van der Waals surface area contributed by atoms with Gasteiger partial charge in [0.2, 0.25) is 5.91 Å². The lowest BCUT2D eigenvalue weighted by molar-refractivity contribution is -0.151. The number of anilines is 1. The maximum absolute atomic E-state index is 12.5. The number of carbonyl (C=O) groups is 3. The second kappa shape index (κ2) is 10.1. The lowest BCUT2D eigenvalue weighted by Crippen LogP contribution is -2.40. The first-order chi connectivity index (χ1) is 14.5. The molecular formula is C20H24N4O5S. The van der Waals surface area contributed by atoms with Crippen LogP contribution in [0.3, 0.4) is 0 Å². The predicted molar refractivity (Wildman–Crippen MR) is 111 cm³/mol. The summed E-state index contributed by atoms with van der Waals surface area (Å²) in [5.74, 6) is -0.820. The zero-order chi connectivity index (χ0) is 21.5. The zero-order valence-corrected chi connectivity index (χ0v) is 17.5. The molecule has 3 rings (SSSR count). The van der Waals surface area contributed by atoms with Gasteiger partial charge in [0.1, 0.15) is 5.56 Å². The molecule has 0 unspecified atom stereocenters. The van der Waals surface area contributed by atoms with E-state index in [1.165, 1.54) is 23.6 Å². The van der Waals surface area contributed by atoms with Crippen molar-refractivity contribution in [1.29, 1.82) is 0 Å². The Balaban J connectivity index is 1.46. The number of nitrogens with one attached hydrogen (secondary N) is 2. The fourth-order valence-electron chi connectivity index (χ4n) is 3.26. The Hall–Kier alpha value is -3.01. The van der Waals surface area contributed by atoms with Crippen molar-refractivity contribution in [3.05, 3.63) is 45.3 Å². The summed E-state index contributed by atoms with van der Waals surface area (Å²) in [6.45, 7) is 3.25. The standard InChI is InChI=1S/C20H24N4O5S/c1-2-29-19(28)13-7-10-24(11-8-13)16(25)6-5-14-12-30-20(22-14)23-18(27)15-4-3-9-21-17(15)26/h3-4,9,12-13H,2,5-8,10-11H2,1H3,(H,21,26)(H,22,23,27). The van der Waals surface area contributed by atoms with Crippen molar-refractivity contribution < 1.29 is 19.1 Å². The van der Waals surface area contributed by atoms with E-state index in [2.05, 4.69) is 15.3 Å². The number of ether oxygens (including phenoxy) is 1. The van der Waals surface area contributed by atoms with Gasteiger partial charge >= 0.3 is 5.97 Å². The van der Waals surface area contributed by atoms with Crippen LogP contribution in [-0.2, 0) is 20.7 Å². The summed E-state index contributed by atoms with van der Waals surface area (Å²) < 4.78 is 5.05. The number of rotatable bonds is 7. The number of thiazole rings is 1. The number of piperidine rings is 1. The first-order valence-electron chi connectivity index (χ1n) is 9.85. The summed E-state index contributed by atoms with van der Waals surface area (Å²) in [5.41, 5.74) is 0.242. The largest absolute Gasteiger partial charge is 0.466 e. The monoisotopic (exact) mass is 432 g/mol. The van der Waals surface area contributed by atoms with Gasteiger partial charge in [-0.15, -0.1) is 11.3 Å². The van der Waals surface area contributed by atoms with E-state index in [0.717, 1.165) is 0 Å². The summed E-state index contributed by atoms with van der Waals surface area (Å²) in [5, 5.41) is 4.76. The van der Waals surface area contributed by atoms with Crippen molar-refractivity contribution in [3.63, 3.8) is 0 Å². The maximum Gasteiger partial charge on any atom is 0.309 e. The number of pyridine rings is 1. The Morgan fingerprint density at radius 2 is 2.10 bits per heavy atom. The van der Waals surface area contributed by atoms with E-state index in [-0.39, 0.29) is 23.4 Å². The van der Waals surface area contributed by atoms with Gasteiger partial charge in [-0.2, -0.15) is 0 Å². The van der Waals surface area contributed by atoms with Crippen molar-refractivity contribution in [2.24, 2.45) is 5.92 Å². The highest BCUT2D eigenvalue weighted by Crippen LogP contribution is 2.21. The Labute approximate surface area is 177 Å². The highest BCUT2D eigenvalue weighted by Gasteiger charge is 2.28. The summed E-state index contributed by atoms with van der Waals surface area (Å²) in [6, 6.07) is 3.01. The van der Waals surface area contributed by atoms with Gasteiger partial charge in [-0.3, -0.25) is 24.5 Å². The van der Waals surface area contributed by atoms with Crippen LogP contribution in [-0.4, -0.2) is 52.3 Å². The topological polar surface area (TPSA) is 121 Å². The molecule has 1 aliphatic rings. The van der Waals surface area contributed by atoms with Crippen LogP contribution >= 0.6 is 11.3 Å². The lowest BCUT2D eigenvalue weighted by Gasteiger charge is -2.30. The molecule has 2 aromatic heterocycles. The first-order valence-corrected chi connectivity index (χ1v) is 10.7. The molecule has 30 heavy (non-hydrogen) atoms. The van der Waals surface area contributed by atoms with E-state index >= 15 is 0 Å². The van der Waals surface area contributed by atoms with Crippen LogP contribution in [0.15, 0.2) is 28.5 Å². The lowest BCUT2D eigenvalue weighted by atomic mass is 9.96. The van der Waals surface area contributed by atoms with Crippen LogP contribution in [0.1, 0.15) is 42.2 Å². The van der Waals surface area contributed by atoms with Gasteiger partial charge in [0.15, 0.2) is 5.13 Å². The molecular weight excluding hydrogens is 408 g/mol. The quantitative estimate of drug-likeness (QED) is 0.644. The van der Waals surface area contributed by atoms with Crippen molar-refractivity contribution >= 4 is 34.3 Å². The Morgan fingerprint density at radius 1 is 1.33 bits per heavy atom. The SMILES string of the molecule is CCOC(=O)C1CCN(C(=O)CCc2csc(NC(=O)c3ccc[nH]c3=O)n2)CC1. The molecule has 1 fully saturated rings. The summed E-state index contributed by atoms with van der Waals surface area (Å²) >= 11 is 1.24. The molecule has 0 bridgehead atoms. The number of amides is 2. The summed E-state index contributed by atoms with van der Waals surface area (Å²) in [4.78, 5) is 56.6. The van der Waals surface area contributed by atoms with Crippen LogP contribution in [0.2, 0.25) is 0 Å². The van der Waals surface area contributed by atoms with Crippen LogP contribution in [0.4, 0.5) is 5.13 Å². The molecule has 1 saturated heterocycles. The number of H-pyrrole nitrogens is 1. The Kier molecular flexibility index (Phi) is 7.34. The number of esters is 1. The second-order valence-corrected chi connectivity index (χ2v) is 7.78. The van der Waals surface area contributed by atoms with Crippen molar-refractivity contribution in [2.45, 2.75) is 32.6 Å². The van der Waals surface area contributed by atoms with E-state index < -0.39 is 11.5 Å². The predicted octanol–water partition coefficient (Wildman–Crippen LogP) is 1.82. The molecule has 0 aliphatic carbocycles. The number of aromatic amines is 1. The first kappa shape index (κ1) is 21.7. The van der Waals surface area contributed by atoms with E-state index in [0.29, 0.717) is 56.2 Å². The second-order valence-electron chi connectivity index (χ2n) is 6.92. The van der Waals surface area contributed by atoms with E-state index in [9.17, 15) is 19.2 Å². The fourth-order valence-corrected chi connectivity index (χ4v) is 4.00. The molecule has 0 atom stereocenters. The highest BCUT2D eigenvalue weighted by atomic mass is 32.1. The van der Waals surface area contributed by atoms with Crippen molar-refractivity contribution in [3.8, 4) is 0 Å². The Bertz CT molecular complexity index is 962. The average Bonchev–Trinajstić information content (AvgIpc) is 3.19. The van der Waals surface area contributed by atoms with Crippen LogP contribution in [0.25, 0.3) is 0 Å². The maximum atomic E-state index is 12.5. The number of aromatic nitrogens is 2. The van der Waals surface area contributed by atoms with E-state index in [1.54, 1.807) is 23.3 Å². The van der Waals surface area contributed by atoms with Crippen molar-refractivity contribution in [2.75, 3.05) is 25.0 Å². The van der Waals surface area contributed by atoms with Gasteiger partial charge in [-0.05, 0) is 38.3 Å². The molecule has 0 spiro atoms. The van der Waals surface area contributed by atoms with Gasteiger partial charge in [0.05, 0.1) is 18.2 Å². The summed E-state index contributed by atoms with van der Waals surface area (Å²) in [7, 11) is 0. The third kappa shape index (κ3) is 5.53. The molecule has 0 saturated carbocycles. The molecule has 0 aromatic carbocycles. The van der Waals surface area contributed by atoms with Crippen LogP contribution < -0.4 is 10.9 Å². The molecule has 10 heteroatoms. The molecule has 2 aromatic rings. The third-order valence-electron chi connectivity index (χ3n) is 4.90. The number of nitrogens with zero attached hydrogens (tertiary/aromatic N) is 2. The number of likely N-dealkylation sites (tertiary alicyclic amines) is 1. The normalized spacial score (nSPS) is 14.4. The van der Waals surface area contributed by atoms with Gasteiger partial charge in [0, 0.05) is 31.1 Å². The van der Waals surface area contributed by atoms with Gasteiger partial charge in [0.25, 0.3) is 11.5 Å². The highest BCUT2D eigenvalue weighted by molar-refractivity contribution is 7.14. The molecule has 160 valence electrons. The molecule has 9 nitrogen and oxygen atoms in total. The molecule has 3 heterocycles. The molecule has 1 aliphatic heterocycles. The third-order valence-corrected chi connectivity index (χ3v) is 5.70. The van der Waals surface area contributed by atoms with Gasteiger partial charge < -0.3 is 14.6 Å². The average molecular weight is 433 g/mol. The van der Waals surface area contributed by atoms with Crippen molar-refractivity contribution in [1.82, 2.24) is 14.9 Å². The fraction of sp³-hybridized carbons (Fsp3) is 0.450. The number of hydrogen-bond acceptors (Lipinski definition) is 7. The van der Waals surface area contributed by atoms with Gasteiger partial charge in [-0.25, -0.2) is 4.98 Å². The number of carbonyl (C=O) groups excluding carboxylic acids is 3. The van der Waals surface area contributed by atoms with E-state index in [4.69, 9.17) is 4.74 Å².